The van der Waals surface area contributed by atoms with Gasteiger partial charge in [0.1, 0.15) is 0 Å². The zero-order chi connectivity index (χ0) is 20.4. The molecule has 4 aromatic rings. The summed E-state index contributed by atoms with van der Waals surface area (Å²) in [5.74, 6) is 0. The molecule has 0 saturated carbocycles. The number of nitrogens with one attached hydrogen (secondary N) is 2. The number of hydrogen-bond acceptors (Lipinski definition) is 2. The van der Waals surface area contributed by atoms with Crippen molar-refractivity contribution in [1.29, 1.82) is 0 Å². The van der Waals surface area contributed by atoms with E-state index in [9.17, 15) is 0 Å². The highest BCUT2D eigenvalue weighted by atomic mass is 32.1. The third-order valence-electron chi connectivity index (χ3n) is 5.07. The summed E-state index contributed by atoms with van der Waals surface area (Å²) in [5.41, 5.74) is 6.42. The Morgan fingerprint density at radius 2 is 1.69 bits per heavy atom. The van der Waals surface area contributed by atoms with Gasteiger partial charge in [0.05, 0.1) is 23.6 Å². The molecular weight excluding hydrogens is 376 g/mol. The Hall–Kier alpha value is -3.18. The fourth-order valence-electron chi connectivity index (χ4n) is 3.62. The maximum absolute atomic E-state index is 5.60. The van der Waals surface area contributed by atoms with Gasteiger partial charge < -0.3 is 10.6 Å². The zero-order valence-electron chi connectivity index (χ0n) is 16.9. The van der Waals surface area contributed by atoms with Crippen molar-refractivity contribution in [3.05, 3.63) is 89.2 Å². The molecule has 0 aliphatic heterocycles. The van der Waals surface area contributed by atoms with Crippen LogP contribution in [0.15, 0.2) is 66.7 Å². The van der Waals surface area contributed by atoms with Gasteiger partial charge in [0, 0.05) is 11.1 Å². The van der Waals surface area contributed by atoms with Crippen LogP contribution in [-0.2, 0) is 6.54 Å². The van der Waals surface area contributed by atoms with E-state index in [1.165, 1.54) is 16.5 Å². The lowest BCUT2D eigenvalue weighted by atomic mass is 10.1. The molecule has 0 fully saturated rings. The molecule has 0 unspecified atom stereocenters. The van der Waals surface area contributed by atoms with Gasteiger partial charge in [0.15, 0.2) is 5.11 Å². The molecule has 0 spiro atoms. The number of anilines is 2. The molecule has 1 aromatic heterocycles. The van der Waals surface area contributed by atoms with Crippen LogP contribution in [0.1, 0.15) is 22.5 Å². The lowest BCUT2D eigenvalue weighted by molar-refractivity contribution is 0.659. The normalized spacial score (nSPS) is 10.9. The summed E-state index contributed by atoms with van der Waals surface area (Å²) in [7, 11) is 0. The molecule has 0 saturated heterocycles. The summed E-state index contributed by atoms with van der Waals surface area (Å²) >= 11 is 5.60. The number of fused-ring (bicyclic) bond motifs is 1. The number of rotatable bonds is 4. The van der Waals surface area contributed by atoms with Gasteiger partial charge in [-0.1, -0.05) is 66.2 Å². The summed E-state index contributed by atoms with van der Waals surface area (Å²) in [6, 6.07) is 22.9. The summed E-state index contributed by atoms with van der Waals surface area (Å²) in [6.07, 6.45) is 0. The van der Waals surface area contributed by atoms with E-state index >= 15 is 0 Å². The minimum absolute atomic E-state index is 0.558. The van der Waals surface area contributed by atoms with E-state index in [1.807, 2.05) is 35.9 Å². The average Bonchev–Trinajstić information content (AvgIpc) is 2.96. The molecule has 146 valence electrons. The minimum Gasteiger partial charge on any atom is -0.332 e. The van der Waals surface area contributed by atoms with E-state index in [0.717, 1.165) is 34.7 Å². The molecule has 3 aromatic carbocycles. The second kappa shape index (κ2) is 8.05. The van der Waals surface area contributed by atoms with Crippen molar-refractivity contribution >= 4 is 39.5 Å². The standard InChI is InChI=1S/C24H24N4S/c1-16-8-6-9-19(14-16)15-28-18(3)23(17(2)27-28)26-24(29)25-22-13-7-11-20-10-4-5-12-21(20)22/h4-14H,15H2,1-3H3,(H2,25,26,29). The van der Waals surface area contributed by atoms with Crippen LogP contribution in [0.25, 0.3) is 10.8 Å². The summed E-state index contributed by atoms with van der Waals surface area (Å²) in [5, 5.41) is 14.3. The number of aromatic nitrogens is 2. The Morgan fingerprint density at radius 1 is 0.931 bits per heavy atom. The lowest BCUT2D eigenvalue weighted by Gasteiger charge is -2.13. The predicted octanol–water partition coefficient (Wildman–Crippen LogP) is 5.82. The molecule has 0 radical (unpaired) electrons. The highest BCUT2D eigenvalue weighted by molar-refractivity contribution is 7.80. The first-order valence-corrected chi connectivity index (χ1v) is 10.1. The van der Waals surface area contributed by atoms with Crippen molar-refractivity contribution in [2.45, 2.75) is 27.3 Å². The van der Waals surface area contributed by atoms with Crippen LogP contribution in [0.4, 0.5) is 11.4 Å². The van der Waals surface area contributed by atoms with E-state index in [4.69, 9.17) is 17.3 Å². The summed E-state index contributed by atoms with van der Waals surface area (Å²) in [4.78, 5) is 0. The van der Waals surface area contributed by atoms with Gasteiger partial charge in [-0.2, -0.15) is 5.10 Å². The van der Waals surface area contributed by atoms with Crippen LogP contribution in [-0.4, -0.2) is 14.9 Å². The highest BCUT2D eigenvalue weighted by Gasteiger charge is 2.13. The Morgan fingerprint density at radius 3 is 2.52 bits per heavy atom. The molecular formula is C24H24N4S. The predicted molar refractivity (Wildman–Crippen MR) is 126 cm³/mol. The first-order chi connectivity index (χ1) is 14.0. The van der Waals surface area contributed by atoms with Crippen LogP contribution < -0.4 is 10.6 Å². The second-order valence-electron chi connectivity index (χ2n) is 7.30. The van der Waals surface area contributed by atoms with Crippen LogP contribution in [0.3, 0.4) is 0 Å². The molecule has 5 heteroatoms. The molecule has 0 aliphatic carbocycles. The van der Waals surface area contributed by atoms with E-state index in [-0.39, 0.29) is 0 Å². The molecule has 0 aliphatic rings. The van der Waals surface area contributed by atoms with E-state index in [1.54, 1.807) is 0 Å². The SMILES string of the molecule is Cc1cccc(Cn2nc(C)c(NC(=S)Nc3cccc4ccccc34)c2C)c1. The number of nitrogens with zero attached hydrogens (tertiary/aromatic N) is 2. The van der Waals surface area contributed by atoms with Crippen LogP contribution in [0.5, 0.6) is 0 Å². The first kappa shape index (κ1) is 19.2. The van der Waals surface area contributed by atoms with Crippen molar-refractivity contribution in [3.8, 4) is 0 Å². The molecule has 0 amide bonds. The quantitative estimate of drug-likeness (QED) is 0.424. The number of benzene rings is 3. The minimum atomic E-state index is 0.558. The number of hydrogen-bond donors (Lipinski definition) is 2. The van der Waals surface area contributed by atoms with Crippen LogP contribution in [0, 0.1) is 20.8 Å². The van der Waals surface area contributed by atoms with Gasteiger partial charge in [-0.3, -0.25) is 4.68 Å². The van der Waals surface area contributed by atoms with Crippen LogP contribution in [0.2, 0.25) is 0 Å². The van der Waals surface area contributed by atoms with Gasteiger partial charge in [0.25, 0.3) is 0 Å². The van der Waals surface area contributed by atoms with Gasteiger partial charge in [0.2, 0.25) is 0 Å². The van der Waals surface area contributed by atoms with Crippen molar-refractivity contribution in [2.24, 2.45) is 0 Å². The second-order valence-corrected chi connectivity index (χ2v) is 7.71. The Kier molecular flexibility index (Phi) is 5.32. The molecule has 4 rings (SSSR count). The number of thiocarbonyl (C=S) groups is 1. The third-order valence-corrected chi connectivity index (χ3v) is 5.28. The molecule has 0 atom stereocenters. The smallest absolute Gasteiger partial charge is 0.175 e. The van der Waals surface area contributed by atoms with Crippen molar-refractivity contribution in [2.75, 3.05) is 10.6 Å². The maximum Gasteiger partial charge on any atom is 0.175 e. The lowest BCUT2D eigenvalue weighted by Crippen LogP contribution is -2.20. The topological polar surface area (TPSA) is 41.9 Å². The summed E-state index contributed by atoms with van der Waals surface area (Å²) in [6.45, 7) is 6.91. The van der Waals surface area contributed by atoms with Gasteiger partial charge in [-0.15, -0.1) is 0 Å². The highest BCUT2D eigenvalue weighted by Crippen LogP contribution is 2.24. The van der Waals surface area contributed by atoms with Gasteiger partial charge >= 0.3 is 0 Å². The van der Waals surface area contributed by atoms with Crippen molar-refractivity contribution < 1.29 is 0 Å². The fraction of sp³-hybridized carbons (Fsp3) is 0.167. The fourth-order valence-corrected chi connectivity index (χ4v) is 3.83. The van der Waals surface area contributed by atoms with E-state index in [0.29, 0.717) is 5.11 Å². The molecule has 0 bridgehead atoms. The number of aryl methyl sites for hydroxylation is 2. The van der Waals surface area contributed by atoms with Crippen molar-refractivity contribution in [1.82, 2.24) is 9.78 Å². The Labute approximate surface area is 176 Å². The Bertz CT molecular complexity index is 1190. The molecule has 4 nitrogen and oxygen atoms in total. The van der Waals surface area contributed by atoms with Gasteiger partial charge in [-0.05, 0) is 50.0 Å². The van der Waals surface area contributed by atoms with E-state index in [2.05, 4.69) is 66.9 Å². The largest absolute Gasteiger partial charge is 0.332 e. The molecule has 2 N–H and O–H groups in total. The van der Waals surface area contributed by atoms with Gasteiger partial charge in [-0.25, -0.2) is 0 Å². The van der Waals surface area contributed by atoms with Crippen LogP contribution >= 0.6 is 12.2 Å². The third kappa shape index (κ3) is 4.15. The average molecular weight is 401 g/mol. The monoisotopic (exact) mass is 400 g/mol. The summed E-state index contributed by atoms with van der Waals surface area (Å²) < 4.78 is 2.02. The zero-order valence-corrected chi connectivity index (χ0v) is 17.7. The molecule has 29 heavy (non-hydrogen) atoms. The van der Waals surface area contributed by atoms with E-state index < -0.39 is 0 Å². The maximum atomic E-state index is 5.60. The molecule has 1 heterocycles. The first-order valence-electron chi connectivity index (χ1n) is 9.66. The Balaban J connectivity index is 1.53. The van der Waals surface area contributed by atoms with Crippen molar-refractivity contribution in [3.63, 3.8) is 0 Å².